The van der Waals surface area contributed by atoms with Crippen molar-refractivity contribution in [2.45, 2.75) is 37.8 Å². The van der Waals surface area contributed by atoms with E-state index in [2.05, 4.69) is 25.3 Å². The molecule has 1 N–H and O–H groups in total. The minimum absolute atomic E-state index is 0.502. The predicted molar refractivity (Wildman–Crippen MR) is 80.4 cm³/mol. The van der Waals surface area contributed by atoms with Gasteiger partial charge in [0, 0.05) is 37.6 Å². The number of piperidine rings is 1. The number of likely N-dealkylation sites (tertiary alicyclic amines) is 1. The van der Waals surface area contributed by atoms with Crippen LogP contribution in [0.1, 0.15) is 25.7 Å². The zero-order valence-corrected chi connectivity index (χ0v) is 12.0. The Hall–Kier alpha value is -1.95. The molecule has 0 radical (unpaired) electrons. The van der Waals surface area contributed by atoms with Crippen molar-refractivity contribution in [3.63, 3.8) is 0 Å². The van der Waals surface area contributed by atoms with Crippen LogP contribution in [0.25, 0.3) is 5.82 Å². The van der Waals surface area contributed by atoms with Crippen LogP contribution < -0.4 is 5.32 Å². The van der Waals surface area contributed by atoms with E-state index in [1.54, 1.807) is 23.3 Å². The molecule has 21 heavy (non-hydrogen) atoms. The first kappa shape index (κ1) is 12.8. The minimum atomic E-state index is 0.502. The molecule has 2 aromatic rings. The fourth-order valence-corrected chi connectivity index (χ4v) is 3.00. The van der Waals surface area contributed by atoms with Gasteiger partial charge < -0.3 is 10.2 Å². The van der Waals surface area contributed by atoms with E-state index < -0.39 is 0 Å². The molecule has 4 rings (SSSR count). The lowest BCUT2D eigenvalue weighted by atomic mass is 10.1. The quantitative estimate of drug-likeness (QED) is 0.926. The highest BCUT2D eigenvalue weighted by Crippen LogP contribution is 2.29. The van der Waals surface area contributed by atoms with Crippen molar-refractivity contribution in [1.29, 1.82) is 0 Å². The first-order valence-electron chi connectivity index (χ1n) is 7.71. The van der Waals surface area contributed by atoms with Crippen LogP contribution in [0.15, 0.2) is 30.9 Å². The van der Waals surface area contributed by atoms with Gasteiger partial charge in [-0.05, 0) is 31.7 Å². The predicted octanol–water partition coefficient (Wildman–Crippen LogP) is 1.70. The maximum absolute atomic E-state index is 4.59. The SMILES string of the molecule is c1cnn(-c2cncc(NC3CCN(C4CC4)CC3)n2)c1. The summed E-state index contributed by atoms with van der Waals surface area (Å²) in [4.78, 5) is 11.5. The molecule has 0 bridgehead atoms. The molecule has 0 atom stereocenters. The van der Waals surface area contributed by atoms with Crippen molar-refractivity contribution in [2.75, 3.05) is 18.4 Å². The van der Waals surface area contributed by atoms with Crippen molar-refractivity contribution in [3.05, 3.63) is 30.9 Å². The van der Waals surface area contributed by atoms with Crippen LogP contribution in [-0.4, -0.2) is 49.8 Å². The van der Waals surface area contributed by atoms with Crippen molar-refractivity contribution < 1.29 is 0 Å². The Kier molecular flexibility index (Phi) is 3.31. The molecular weight excluding hydrogens is 264 g/mol. The van der Waals surface area contributed by atoms with E-state index in [4.69, 9.17) is 0 Å². The van der Waals surface area contributed by atoms with Crippen molar-refractivity contribution in [2.24, 2.45) is 0 Å². The van der Waals surface area contributed by atoms with Gasteiger partial charge in [-0.2, -0.15) is 5.10 Å². The van der Waals surface area contributed by atoms with Crippen LogP contribution in [-0.2, 0) is 0 Å². The van der Waals surface area contributed by atoms with Crippen LogP contribution in [0.3, 0.4) is 0 Å². The topological polar surface area (TPSA) is 58.9 Å². The molecule has 0 spiro atoms. The summed E-state index contributed by atoms with van der Waals surface area (Å²) in [5.41, 5.74) is 0. The molecule has 0 amide bonds. The molecule has 1 saturated carbocycles. The van der Waals surface area contributed by atoms with E-state index in [1.165, 1.54) is 38.8 Å². The molecule has 2 aromatic heterocycles. The van der Waals surface area contributed by atoms with Crippen LogP contribution in [0.2, 0.25) is 0 Å². The Morgan fingerprint density at radius 2 is 1.95 bits per heavy atom. The third-order valence-corrected chi connectivity index (χ3v) is 4.31. The van der Waals surface area contributed by atoms with E-state index in [9.17, 15) is 0 Å². The van der Waals surface area contributed by atoms with Gasteiger partial charge in [-0.25, -0.2) is 9.67 Å². The lowest BCUT2D eigenvalue weighted by molar-refractivity contribution is 0.210. The molecular formula is C15H20N6. The zero-order chi connectivity index (χ0) is 14.1. The molecule has 0 unspecified atom stereocenters. The Morgan fingerprint density at radius 3 is 2.67 bits per heavy atom. The van der Waals surface area contributed by atoms with Gasteiger partial charge in [-0.15, -0.1) is 0 Å². The highest BCUT2D eigenvalue weighted by molar-refractivity contribution is 5.36. The number of nitrogens with zero attached hydrogens (tertiary/aromatic N) is 5. The van der Waals surface area contributed by atoms with E-state index >= 15 is 0 Å². The highest BCUT2D eigenvalue weighted by Gasteiger charge is 2.31. The second kappa shape index (κ2) is 5.44. The van der Waals surface area contributed by atoms with Crippen LogP contribution >= 0.6 is 0 Å². The normalized spacial score (nSPS) is 20.6. The smallest absolute Gasteiger partial charge is 0.173 e. The lowest BCUT2D eigenvalue weighted by Gasteiger charge is -2.32. The third-order valence-electron chi connectivity index (χ3n) is 4.31. The van der Waals surface area contributed by atoms with Gasteiger partial charge in [0.15, 0.2) is 5.82 Å². The van der Waals surface area contributed by atoms with Gasteiger partial charge in [-0.1, -0.05) is 0 Å². The average Bonchev–Trinajstić information content (AvgIpc) is 3.23. The summed E-state index contributed by atoms with van der Waals surface area (Å²) in [5, 5.41) is 7.71. The first-order chi connectivity index (χ1) is 10.4. The monoisotopic (exact) mass is 284 g/mol. The molecule has 6 nitrogen and oxygen atoms in total. The van der Waals surface area contributed by atoms with Crippen LogP contribution in [0.5, 0.6) is 0 Å². The fraction of sp³-hybridized carbons (Fsp3) is 0.533. The van der Waals surface area contributed by atoms with Crippen LogP contribution in [0, 0.1) is 0 Å². The second-order valence-corrected chi connectivity index (χ2v) is 5.90. The molecule has 1 aliphatic heterocycles. The Labute approximate surface area is 124 Å². The van der Waals surface area contributed by atoms with E-state index in [0.29, 0.717) is 6.04 Å². The van der Waals surface area contributed by atoms with Gasteiger partial charge >= 0.3 is 0 Å². The number of aromatic nitrogens is 4. The third kappa shape index (κ3) is 2.90. The average molecular weight is 284 g/mol. The summed E-state index contributed by atoms with van der Waals surface area (Å²) in [6.45, 7) is 2.41. The number of nitrogens with one attached hydrogen (secondary N) is 1. The molecule has 110 valence electrons. The van der Waals surface area contributed by atoms with Crippen molar-refractivity contribution >= 4 is 5.82 Å². The van der Waals surface area contributed by atoms with Gasteiger partial charge in [-0.3, -0.25) is 4.98 Å². The molecule has 6 heteroatoms. The Balaban J connectivity index is 1.39. The molecule has 2 fully saturated rings. The van der Waals surface area contributed by atoms with Gasteiger partial charge in [0.05, 0.1) is 12.4 Å². The van der Waals surface area contributed by atoms with E-state index in [-0.39, 0.29) is 0 Å². The summed E-state index contributed by atoms with van der Waals surface area (Å²) >= 11 is 0. The van der Waals surface area contributed by atoms with Gasteiger partial charge in [0.2, 0.25) is 0 Å². The number of anilines is 1. The molecule has 1 aliphatic carbocycles. The standard InChI is InChI=1S/C15H20N6/c1-6-17-21(7-1)15-11-16-10-14(19-15)18-12-4-8-20(9-5-12)13-2-3-13/h1,6-7,10-13H,2-5,8-9H2,(H,18,19). The first-order valence-corrected chi connectivity index (χ1v) is 7.71. The van der Waals surface area contributed by atoms with Crippen molar-refractivity contribution in [1.82, 2.24) is 24.6 Å². The largest absolute Gasteiger partial charge is 0.366 e. The lowest BCUT2D eigenvalue weighted by Crippen LogP contribution is -2.40. The summed E-state index contributed by atoms with van der Waals surface area (Å²) in [5.74, 6) is 1.59. The Morgan fingerprint density at radius 1 is 1.10 bits per heavy atom. The summed E-state index contributed by atoms with van der Waals surface area (Å²) in [6, 6.07) is 3.27. The summed E-state index contributed by atoms with van der Waals surface area (Å²) < 4.78 is 1.73. The number of hydrogen-bond acceptors (Lipinski definition) is 5. The van der Waals surface area contributed by atoms with Crippen LogP contribution in [0.4, 0.5) is 5.82 Å². The fourth-order valence-electron chi connectivity index (χ4n) is 3.00. The molecule has 1 saturated heterocycles. The van der Waals surface area contributed by atoms with E-state index in [0.717, 1.165) is 17.7 Å². The molecule has 3 heterocycles. The Bertz CT molecular complexity index is 584. The molecule has 2 aliphatic rings. The minimum Gasteiger partial charge on any atom is -0.366 e. The van der Waals surface area contributed by atoms with Crippen molar-refractivity contribution in [3.8, 4) is 5.82 Å². The maximum Gasteiger partial charge on any atom is 0.173 e. The van der Waals surface area contributed by atoms with Gasteiger partial charge in [0.1, 0.15) is 5.82 Å². The van der Waals surface area contributed by atoms with Gasteiger partial charge in [0.25, 0.3) is 0 Å². The summed E-state index contributed by atoms with van der Waals surface area (Å²) in [6.07, 6.45) is 12.3. The number of hydrogen-bond donors (Lipinski definition) is 1. The second-order valence-electron chi connectivity index (χ2n) is 5.90. The molecule has 0 aromatic carbocycles. The summed E-state index contributed by atoms with van der Waals surface area (Å²) in [7, 11) is 0. The van der Waals surface area contributed by atoms with E-state index in [1.807, 2.05) is 12.3 Å². The highest BCUT2D eigenvalue weighted by atomic mass is 15.3. The number of rotatable bonds is 4. The maximum atomic E-state index is 4.59. The zero-order valence-electron chi connectivity index (χ0n) is 12.0.